The third kappa shape index (κ3) is 2.23. The van der Waals surface area contributed by atoms with Gasteiger partial charge < -0.3 is 5.11 Å². The molecule has 5 nitrogen and oxygen atoms in total. The number of carboxylic acid groups (broad SMARTS) is 1. The maximum Gasteiger partial charge on any atom is 0.358 e. The molecule has 2 aromatic rings. The Morgan fingerprint density at radius 1 is 1.38 bits per heavy atom. The second kappa shape index (κ2) is 4.87. The van der Waals surface area contributed by atoms with E-state index in [2.05, 4.69) is 34.6 Å². The van der Waals surface area contributed by atoms with E-state index in [1.54, 1.807) is 0 Å². The van der Waals surface area contributed by atoms with Crippen molar-refractivity contribution >= 4 is 17.7 Å². The van der Waals surface area contributed by atoms with Crippen LogP contribution in [0.3, 0.4) is 0 Å². The Hall–Kier alpha value is -1.82. The van der Waals surface area contributed by atoms with Crippen LogP contribution in [0.2, 0.25) is 0 Å². The molecule has 1 aliphatic carbocycles. The fourth-order valence-electron chi connectivity index (χ4n) is 2.96. The van der Waals surface area contributed by atoms with E-state index in [9.17, 15) is 9.90 Å². The van der Waals surface area contributed by atoms with Gasteiger partial charge in [-0.1, -0.05) is 23.4 Å². The zero-order valence-corrected chi connectivity index (χ0v) is 12.2. The van der Waals surface area contributed by atoms with Crippen molar-refractivity contribution in [3.63, 3.8) is 0 Å². The number of hydrogen-bond donors (Lipinski definition) is 1. The van der Waals surface area contributed by atoms with E-state index < -0.39 is 5.97 Å². The average Bonchev–Trinajstić information content (AvgIpc) is 3.11. The Morgan fingerprint density at radius 3 is 2.95 bits per heavy atom. The fourth-order valence-corrected chi connectivity index (χ4v) is 4.20. The molecular weight excluding hydrogens is 286 g/mol. The molecule has 4 rings (SSSR count). The predicted molar refractivity (Wildman–Crippen MR) is 78.9 cm³/mol. The predicted octanol–water partition coefficient (Wildman–Crippen LogP) is 2.74. The first-order valence-electron chi connectivity index (χ1n) is 7.12. The molecule has 0 amide bonds. The normalized spacial score (nSPS) is 20.5. The Kier molecular flexibility index (Phi) is 2.99. The number of carbonyl (C=O) groups is 1. The summed E-state index contributed by atoms with van der Waals surface area (Å²) in [5.74, 6) is 0.762. The summed E-state index contributed by atoms with van der Waals surface area (Å²) < 4.78 is 1.83. The van der Waals surface area contributed by atoms with Gasteiger partial charge in [-0.2, -0.15) is 0 Å². The Labute approximate surface area is 126 Å². The van der Waals surface area contributed by atoms with Crippen LogP contribution in [0, 0.1) is 0 Å². The van der Waals surface area contributed by atoms with Crippen LogP contribution < -0.4 is 0 Å². The van der Waals surface area contributed by atoms with Crippen molar-refractivity contribution in [1.29, 1.82) is 0 Å². The molecule has 1 saturated carbocycles. The Morgan fingerprint density at radius 2 is 2.19 bits per heavy atom. The summed E-state index contributed by atoms with van der Waals surface area (Å²) in [5.41, 5.74) is 2.30. The maximum atomic E-state index is 11.3. The molecule has 2 heterocycles. The van der Waals surface area contributed by atoms with E-state index in [0.29, 0.717) is 11.8 Å². The van der Waals surface area contributed by atoms with Gasteiger partial charge in [0.1, 0.15) is 0 Å². The highest BCUT2D eigenvalue weighted by atomic mass is 32.2. The summed E-state index contributed by atoms with van der Waals surface area (Å²) in [6.07, 6.45) is 2.09. The van der Waals surface area contributed by atoms with Crippen molar-refractivity contribution in [2.45, 2.75) is 36.1 Å². The summed E-state index contributed by atoms with van der Waals surface area (Å²) in [6.45, 7) is 0.718. The molecule has 1 aromatic carbocycles. The van der Waals surface area contributed by atoms with Crippen molar-refractivity contribution in [2.75, 3.05) is 5.75 Å². The molecule has 1 unspecified atom stereocenters. The second-order valence-electron chi connectivity index (χ2n) is 5.63. The lowest BCUT2D eigenvalue weighted by molar-refractivity contribution is 0.0689. The van der Waals surface area contributed by atoms with E-state index in [-0.39, 0.29) is 5.69 Å². The first-order valence-corrected chi connectivity index (χ1v) is 8.11. The van der Waals surface area contributed by atoms with Gasteiger partial charge in [0.15, 0.2) is 5.69 Å². The Bertz CT molecular complexity index is 709. The van der Waals surface area contributed by atoms with Gasteiger partial charge in [0.05, 0.1) is 12.2 Å². The molecule has 1 aromatic heterocycles. The molecule has 0 saturated heterocycles. The van der Waals surface area contributed by atoms with Crippen LogP contribution in [-0.4, -0.2) is 31.8 Å². The highest BCUT2D eigenvalue weighted by Crippen LogP contribution is 2.43. The summed E-state index contributed by atoms with van der Waals surface area (Å²) in [5, 5.41) is 17.2. The van der Waals surface area contributed by atoms with Crippen LogP contribution >= 0.6 is 11.8 Å². The first kappa shape index (κ1) is 12.9. The third-order valence-corrected chi connectivity index (χ3v) is 5.38. The van der Waals surface area contributed by atoms with Crippen molar-refractivity contribution in [3.8, 4) is 0 Å². The summed E-state index contributed by atoms with van der Waals surface area (Å²) in [4.78, 5) is 12.6. The van der Waals surface area contributed by atoms with Crippen LogP contribution in [0.15, 0.2) is 29.2 Å². The van der Waals surface area contributed by atoms with E-state index in [1.165, 1.54) is 10.5 Å². The van der Waals surface area contributed by atoms with E-state index in [4.69, 9.17) is 0 Å². The quantitative estimate of drug-likeness (QED) is 0.940. The number of aromatic nitrogens is 3. The summed E-state index contributed by atoms with van der Waals surface area (Å²) in [6, 6.07) is 8.42. The molecule has 6 heteroatoms. The minimum atomic E-state index is -0.968. The minimum Gasteiger partial charge on any atom is -0.476 e. The van der Waals surface area contributed by atoms with Crippen LogP contribution in [0.5, 0.6) is 0 Å². The van der Waals surface area contributed by atoms with Crippen LogP contribution in [-0.2, 0) is 6.54 Å². The largest absolute Gasteiger partial charge is 0.476 e. The van der Waals surface area contributed by atoms with Gasteiger partial charge in [-0.3, -0.25) is 0 Å². The van der Waals surface area contributed by atoms with Gasteiger partial charge >= 0.3 is 5.97 Å². The van der Waals surface area contributed by atoms with Crippen molar-refractivity contribution in [2.24, 2.45) is 0 Å². The number of fused-ring (bicyclic) bond motifs is 1. The molecule has 0 radical (unpaired) electrons. The average molecular weight is 301 g/mol. The van der Waals surface area contributed by atoms with Gasteiger partial charge in [-0.15, -0.1) is 16.9 Å². The number of rotatable bonds is 4. The lowest BCUT2D eigenvalue weighted by Gasteiger charge is -2.12. The van der Waals surface area contributed by atoms with Gasteiger partial charge in [0.25, 0.3) is 0 Å². The van der Waals surface area contributed by atoms with Gasteiger partial charge in [-0.05, 0) is 24.5 Å². The minimum absolute atomic E-state index is 0.136. The SMILES string of the molecule is O=C(O)c1nnn(CC2CSc3ccccc32)c1C1CC1. The highest BCUT2D eigenvalue weighted by molar-refractivity contribution is 7.99. The van der Waals surface area contributed by atoms with Gasteiger partial charge in [0.2, 0.25) is 0 Å². The molecule has 1 atom stereocenters. The van der Waals surface area contributed by atoms with E-state index >= 15 is 0 Å². The van der Waals surface area contributed by atoms with Gasteiger partial charge in [0, 0.05) is 22.5 Å². The van der Waals surface area contributed by atoms with Crippen molar-refractivity contribution in [1.82, 2.24) is 15.0 Å². The van der Waals surface area contributed by atoms with Gasteiger partial charge in [-0.25, -0.2) is 9.48 Å². The van der Waals surface area contributed by atoms with Crippen LogP contribution in [0.1, 0.15) is 46.4 Å². The number of thioether (sulfide) groups is 1. The number of aromatic carboxylic acids is 1. The fraction of sp³-hybridized carbons (Fsp3) is 0.400. The molecule has 108 valence electrons. The zero-order valence-electron chi connectivity index (χ0n) is 11.4. The first-order chi connectivity index (χ1) is 10.2. The molecule has 1 fully saturated rings. The molecule has 21 heavy (non-hydrogen) atoms. The molecular formula is C15H15N3O2S. The monoisotopic (exact) mass is 301 g/mol. The third-order valence-electron chi connectivity index (χ3n) is 4.13. The Balaban J connectivity index is 1.65. The van der Waals surface area contributed by atoms with Crippen LogP contribution in [0.4, 0.5) is 0 Å². The molecule has 0 bridgehead atoms. The van der Waals surface area contributed by atoms with Crippen LogP contribution in [0.25, 0.3) is 0 Å². The summed E-state index contributed by atoms with van der Waals surface area (Å²) >= 11 is 1.86. The maximum absolute atomic E-state index is 11.3. The van der Waals surface area contributed by atoms with Crippen molar-refractivity contribution in [3.05, 3.63) is 41.2 Å². The molecule has 0 spiro atoms. The molecule has 2 aliphatic rings. The standard InChI is InChI=1S/C15H15N3O2S/c19-15(20)13-14(9-5-6-9)18(17-16-13)7-10-8-21-12-4-2-1-3-11(10)12/h1-4,9-10H,5-8H2,(H,19,20). The van der Waals surface area contributed by atoms with E-state index in [1.807, 2.05) is 16.4 Å². The second-order valence-corrected chi connectivity index (χ2v) is 6.69. The summed E-state index contributed by atoms with van der Waals surface area (Å²) in [7, 11) is 0. The lowest BCUT2D eigenvalue weighted by atomic mass is 10.0. The van der Waals surface area contributed by atoms with Crippen molar-refractivity contribution < 1.29 is 9.90 Å². The number of nitrogens with zero attached hydrogens (tertiary/aromatic N) is 3. The molecule has 1 N–H and O–H groups in total. The topological polar surface area (TPSA) is 68.0 Å². The molecule has 1 aliphatic heterocycles. The number of benzene rings is 1. The number of carboxylic acids is 1. The van der Waals surface area contributed by atoms with E-state index in [0.717, 1.165) is 30.8 Å². The number of hydrogen-bond acceptors (Lipinski definition) is 4. The highest BCUT2D eigenvalue weighted by Gasteiger charge is 2.35. The zero-order chi connectivity index (χ0) is 14.4. The lowest BCUT2D eigenvalue weighted by Crippen LogP contribution is -2.13. The smallest absolute Gasteiger partial charge is 0.358 e.